The zero-order valence-corrected chi connectivity index (χ0v) is 4.78. The third-order valence-electron chi connectivity index (χ3n) is 0.898. The summed E-state index contributed by atoms with van der Waals surface area (Å²) in [6, 6.07) is 3.64. The molecule has 1 radical (unpaired) electrons. The Morgan fingerprint density at radius 1 is 1.67 bits per heavy atom. The molecule has 0 bridgehead atoms. The van der Waals surface area contributed by atoms with Crippen molar-refractivity contribution >= 4 is 6.21 Å². The van der Waals surface area contributed by atoms with Gasteiger partial charge in [0.15, 0.2) is 0 Å². The zero-order chi connectivity index (χ0) is 6.53. The first kappa shape index (κ1) is 5.75. The second kappa shape index (κ2) is 2.81. The maximum atomic E-state index is 6.48. The molecule has 1 heterocycles. The van der Waals surface area contributed by atoms with E-state index in [-0.39, 0.29) is 0 Å². The van der Waals surface area contributed by atoms with Crippen molar-refractivity contribution in [1.82, 2.24) is 10.8 Å². The van der Waals surface area contributed by atoms with Gasteiger partial charge in [0.05, 0.1) is 6.21 Å². The molecular weight excluding hydrogens is 114 g/mol. The summed E-state index contributed by atoms with van der Waals surface area (Å²) in [4.78, 5) is 3.83. The van der Waals surface area contributed by atoms with Crippen molar-refractivity contribution in [1.29, 1.82) is 0 Å². The highest BCUT2D eigenvalue weighted by molar-refractivity contribution is 5.78. The summed E-state index contributed by atoms with van der Waals surface area (Å²) in [5, 5.41) is 3.09. The first-order valence-electron chi connectivity index (χ1n) is 2.53. The Balaban J connectivity index is 2.85. The first-order valence-corrected chi connectivity index (χ1v) is 2.53. The van der Waals surface area contributed by atoms with E-state index in [1.165, 1.54) is 6.21 Å². The molecule has 0 unspecified atom stereocenters. The summed E-state index contributed by atoms with van der Waals surface area (Å²) in [6.45, 7) is 0. The van der Waals surface area contributed by atoms with Gasteiger partial charge in [0.1, 0.15) is 0 Å². The molecule has 0 spiro atoms. The summed E-state index contributed by atoms with van der Waals surface area (Å²) >= 11 is 0. The molecule has 0 aliphatic rings. The Bertz CT molecular complexity index is 193. The van der Waals surface area contributed by atoms with E-state index in [0.29, 0.717) is 0 Å². The van der Waals surface area contributed by atoms with E-state index in [1.54, 1.807) is 18.5 Å². The Morgan fingerprint density at radius 3 is 3.11 bits per heavy atom. The molecule has 1 rings (SSSR count). The third-order valence-corrected chi connectivity index (χ3v) is 0.898. The molecule has 0 atom stereocenters. The van der Waals surface area contributed by atoms with E-state index < -0.39 is 0 Å². The lowest BCUT2D eigenvalue weighted by atomic mass is 10.3. The molecule has 0 aliphatic carbocycles. The van der Waals surface area contributed by atoms with Gasteiger partial charge in [-0.25, -0.2) is 5.84 Å². The minimum absolute atomic E-state index is 0.854. The summed E-state index contributed by atoms with van der Waals surface area (Å²) < 4.78 is 0. The molecule has 3 nitrogen and oxygen atoms in total. The summed E-state index contributed by atoms with van der Waals surface area (Å²) in [5.41, 5.74) is 0.854. The number of pyridine rings is 1. The quantitative estimate of drug-likeness (QED) is 0.397. The molecule has 9 heavy (non-hydrogen) atoms. The fourth-order valence-corrected chi connectivity index (χ4v) is 0.527. The van der Waals surface area contributed by atoms with Crippen LogP contribution in [0.2, 0.25) is 0 Å². The summed E-state index contributed by atoms with van der Waals surface area (Å²) in [6.07, 6.45) is 4.77. The molecule has 1 aromatic heterocycles. The number of hydrogen-bond donors (Lipinski definition) is 0. The normalized spacial score (nSPS) is 10.2. The van der Waals surface area contributed by atoms with Crippen molar-refractivity contribution in [3.8, 4) is 0 Å². The van der Waals surface area contributed by atoms with Crippen LogP contribution in [0.3, 0.4) is 0 Å². The van der Waals surface area contributed by atoms with Gasteiger partial charge in [-0.1, -0.05) is 6.07 Å². The summed E-state index contributed by atoms with van der Waals surface area (Å²) in [7, 11) is 0. The summed E-state index contributed by atoms with van der Waals surface area (Å²) in [5.74, 6) is 6.48. The van der Waals surface area contributed by atoms with E-state index in [4.69, 9.17) is 5.84 Å². The van der Waals surface area contributed by atoms with Crippen LogP contribution in [0.1, 0.15) is 5.56 Å². The first-order chi connectivity index (χ1) is 4.43. The molecule has 0 fully saturated rings. The van der Waals surface area contributed by atoms with Crippen LogP contribution in [0.4, 0.5) is 0 Å². The van der Waals surface area contributed by atoms with E-state index in [9.17, 15) is 0 Å². The molecule has 0 amide bonds. The zero-order valence-electron chi connectivity index (χ0n) is 4.78. The highest BCUT2D eigenvalue weighted by Crippen LogP contribution is 1.88. The highest BCUT2D eigenvalue weighted by atomic mass is 15.1. The Morgan fingerprint density at radius 2 is 2.56 bits per heavy atom. The van der Waals surface area contributed by atoms with Crippen LogP contribution in [0.25, 0.3) is 0 Å². The Labute approximate surface area is 53.2 Å². The van der Waals surface area contributed by atoms with Gasteiger partial charge in [0.25, 0.3) is 0 Å². The lowest BCUT2D eigenvalue weighted by Gasteiger charge is -1.84. The fraction of sp³-hybridized carbons (Fsp3) is 0. The number of nitrogens with one attached hydrogen (secondary N) is 1. The molecule has 3 heteroatoms. The van der Waals surface area contributed by atoms with Gasteiger partial charge in [0, 0.05) is 18.0 Å². The average molecular weight is 120 g/mol. The molecule has 0 saturated heterocycles. The van der Waals surface area contributed by atoms with Gasteiger partial charge in [-0.05, 0) is 6.07 Å². The van der Waals surface area contributed by atoms with E-state index in [0.717, 1.165) is 5.56 Å². The van der Waals surface area contributed by atoms with Crippen LogP contribution in [-0.4, -0.2) is 11.2 Å². The largest absolute Gasteiger partial charge is 0.264 e. The number of aromatic nitrogens is 1. The molecule has 0 aliphatic heterocycles. The topological polar surface area (TPSA) is 49.0 Å². The van der Waals surface area contributed by atoms with Gasteiger partial charge in [0.2, 0.25) is 0 Å². The maximum absolute atomic E-state index is 6.48. The van der Waals surface area contributed by atoms with Crippen LogP contribution >= 0.6 is 0 Å². The van der Waals surface area contributed by atoms with Gasteiger partial charge >= 0.3 is 0 Å². The SMILES string of the molecule is [NH]N=Cc1cccnc1. The minimum atomic E-state index is 0.854. The van der Waals surface area contributed by atoms with Crippen molar-refractivity contribution in [2.24, 2.45) is 5.10 Å². The molecule has 45 valence electrons. The van der Waals surface area contributed by atoms with E-state index >= 15 is 0 Å². The number of rotatable bonds is 1. The monoisotopic (exact) mass is 120 g/mol. The molecule has 0 saturated carbocycles. The fourth-order valence-electron chi connectivity index (χ4n) is 0.527. The Kier molecular flexibility index (Phi) is 1.80. The highest BCUT2D eigenvalue weighted by Gasteiger charge is 1.80. The molecule has 1 aromatic rings. The third kappa shape index (κ3) is 1.53. The molecule has 1 N–H and O–H groups in total. The van der Waals surface area contributed by atoms with Crippen LogP contribution in [-0.2, 0) is 0 Å². The van der Waals surface area contributed by atoms with E-state index in [1.807, 2.05) is 6.07 Å². The average Bonchev–Trinajstić information content (AvgIpc) is 1.91. The van der Waals surface area contributed by atoms with E-state index in [2.05, 4.69) is 10.1 Å². The van der Waals surface area contributed by atoms with Gasteiger partial charge in [-0.2, -0.15) is 5.10 Å². The second-order valence-corrected chi connectivity index (χ2v) is 1.54. The predicted molar refractivity (Wildman–Crippen MR) is 34.9 cm³/mol. The van der Waals surface area contributed by atoms with Crippen molar-refractivity contribution in [3.05, 3.63) is 30.1 Å². The smallest absolute Gasteiger partial charge is 0.0576 e. The van der Waals surface area contributed by atoms with Crippen LogP contribution in [0.5, 0.6) is 0 Å². The van der Waals surface area contributed by atoms with Gasteiger partial charge in [-0.3, -0.25) is 4.98 Å². The molecule has 0 aromatic carbocycles. The predicted octanol–water partition coefficient (Wildman–Crippen LogP) is 0.698. The maximum Gasteiger partial charge on any atom is 0.0576 e. The van der Waals surface area contributed by atoms with Gasteiger partial charge in [-0.15, -0.1) is 0 Å². The second-order valence-electron chi connectivity index (χ2n) is 1.54. The van der Waals surface area contributed by atoms with Crippen LogP contribution in [0, 0.1) is 0 Å². The van der Waals surface area contributed by atoms with Crippen molar-refractivity contribution in [2.45, 2.75) is 0 Å². The van der Waals surface area contributed by atoms with Crippen molar-refractivity contribution in [2.75, 3.05) is 0 Å². The van der Waals surface area contributed by atoms with Gasteiger partial charge < -0.3 is 0 Å². The number of hydrogen-bond acceptors (Lipinski definition) is 2. The van der Waals surface area contributed by atoms with Crippen molar-refractivity contribution in [3.63, 3.8) is 0 Å². The minimum Gasteiger partial charge on any atom is -0.264 e. The van der Waals surface area contributed by atoms with Crippen molar-refractivity contribution < 1.29 is 0 Å². The Hall–Kier alpha value is -1.38. The van der Waals surface area contributed by atoms with Crippen LogP contribution < -0.4 is 5.84 Å². The lowest BCUT2D eigenvalue weighted by molar-refractivity contribution is 1.20. The lowest BCUT2D eigenvalue weighted by Crippen LogP contribution is -1.80. The molecular formula is C6H6N3. The number of nitrogens with zero attached hydrogens (tertiary/aromatic N) is 2. The van der Waals surface area contributed by atoms with Crippen LogP contribution in [0.15, 0.2) is 29.6 Å². The standard InChI is InChI=1S/C6H6N3/c7-9-5-6-2-1-3-8-4-6/h1-5,7H.